The third kappa shape index (κ3) is 3.23. The summed E-state index contributed by atoms with van der Waals surface area (Å²) in [4.78, 5) is 0. The van der Waals surface area contributed by atoms with E-state index in [1.54, 1.807) is 0 Å². The van der Waals surface area contributed by atoms with E-state index in [1.165, 1.54) is 0 Å². The van der Waals surface area contributed by atoms with Crippen LogP contribution < -0.4 is 0 Å². The van der Waals surface area contributed by atoms with Crippen LogP contribution in [0, 0.1) is 0 Å². The van der Waals surface area contributed by atoms with Gasteiger partial charge in [0, 0.05) is 18.1 Å². The van der Waals surface area contributed by atoms with Gasteiger partial charge >= 0.3 is 0 Å². The minimum absolute atomic E-state index is 0.0730. The molecule has 3 unspecified atom stereocenters. The molecule has 0 saturated carbocycles. The van der Waals surface area contributed by atoms with Crippen LogP contribution in [0.25, 0.3) is 0 Å². The largest absolute Gasteiger partial charge is 0.390 e. The van der Waals surface area contributed by atoms with Gasteiger partial charge in [0.05, 0.1) is 20.1 Å². The number of ether oxygens (including phenoxy) is 1. The summed E-state index contributed by atoms with van der Waals surface area (Å²) in [7, 11) is -0.225. The number of rotatable bonds is 5. The van der Waals surface area contributed by atoms with Gasteiger partial charge in [0.15, 0.2) is 0 Å². The lowest BCUT2D eigenvalue weighted by Gasteiger charge is -2.12. The van der Waals surface area contributed by atoms with Crippen LogP contribution in [-0.4, -0.2) is 40.2 Å². The smallest absolute Gasteiger partial charge is 0.137 e. The molecular weight excluding hydrogens is 194 g/mol. The predicted molar refractivity (Wildman–Crippen MR) is 54.0 cm³/mol. The molecule has 12 heavy (non-hydrogen) atoms. The SMILES string of the molecule is [2H]P([B][3H])SOCC1OC(C)C[C@@H]1O. The Kier molecular flexibility index (Phi) is 3.67. The molecule has 1 aliphatic rings. The summed E-state index contributed by atoms with van der Waals surface area (Å²) in [5, 5.41) is 9.48. The summed E-state index contributed by atoms with van der Waals surface area (Å²) >= 11 is 0.964. The Balaban J connectivity index is 2.12. The number of aliphatic hydroxyl groups excluding tert-OH is 1. The van der Waals surface area contributed by atoms with E-state index < -0.39 is 13.7 Å². The molecule has 0 bridgehead atoms. The van der Waals surface area contributed by atoms with Gasteiger partial charge in [-0.25, -0.2) is 0 Å². The lowest BCUT2D eigenvalue weighted by Crippen LogP contribution is -2.25. The van der Waals surface area contributed by atoms with Gasteiger partial charge < -0.3 is 14.0 Å². The average molecular weight is 210 g/mol. The molecule has 3 nitrogen and oxygen atoms in total. The molecule has 6 heteroatoms. The van der Waals surface area contributed by atoms with E-state index in [9.17, 15) is 5.11 Å². The Hall–Kier alpha value is 0.725. The van der Waals surface area contributed by atoms with Crippen LogP contribution >= 0.6 is 19.3 Å². The number of hydrogen-bond donors (Lipinski definition) is 1. The Morgan fingerprint density at radius 1 is 2.17 bits per heavy atom. The molecule has 4 atom stereocenters. The van der Waals surface area contributed by atoms with Gasteiger partial charge in [-0.15, -0.1) is 0 Å². The Labute approximate surface area is 82.3 Å². The average Bonchev–Trinajstić information content (AvgIpc) is 2.45. The van der Waals surface area contributed by atoms with Crippen LogP contribution in [0.5, 0.6) is 0 Å². The fourth-order valence-corrected chi connectivity index (χ4v) is 1.84. The van der Waals surface area contributed by atoms with Crippen molar-refractivity contribution >= 4 is 26.8 Å². The van der Waals surface area contributed by atoms with Crippen LogP contribution in [-0.2, 0) is 8.92 Å². The van der Waals surface area contributed by atoms with Gasteiger partial charge in [-0.1, -0.05) is 7.61 Å². The summed E-state index contributed by atoms with van der Waals surface area (Å²) < 4.78 is 24.5. The van der Waals surface area contributed by atoms with E-state index in [1.807, 2.05) is 6.92 Å². The molecular formula is C6H13BO3PS. The first-order valence-corrected chi connectivity index (χ1v) is 6.07. The lowest BCUT2D eigenvalue weighted by atomic mass is 10.1. The molecule has 0 aromatic rings. The molecule has 0 aliphatic carbocycles. The summed E-state index contributed by atoms with van der Waals surface area (Å²) in [5.74, 6) is 0. The van der Waals surface area contributed by atoms with Crippen molar-refractivity contribution in [2.75, 3.05) is 6.61 Å². The highest BCUT2D eigenvalue weighted by atomic mass is 32.7. The van der Waals surface area contributed by atoms with Crippen molar-refractivity contribution < 1.29 is 14.0 Å². The number of aliphatic hydroxyl groups is 1. The van der Waals surface area contributed by atoms with E-state index >= 15 is 0 Å². The third-order valence-electron chi connectivity index (χ3n) is 1.74. The molecule has 0 aromatic carbocycles. The summed E-state index contributed by atoms with van der Waals surface area (Å²) in [6, 6.07) is 0. The molecule has 1 heterocycles. The minimum atomic E-state index is -1.28. The molecule has 69 valence electrons. The van der Waals surface area contributed by atoms with Crippen LogP contribution in [0.3, 0.4) is 0 Å². The Bertz CT molecular complexity index is 181. The normalized spacial score (nSPS) is 40.3. The second-order valence-electron chi connectivity index (χ2n) is 2.75. The zero-order valence-corrected chi connectivity index (χ0v) is 8.55. The van der Waals surface area contributed by atoms with E-state index in [0.29, 0.717) is 6.42 Å². The maximum absolute atomic E-state index is 9.48. The van der Waals surface area contributed by atoms with Gasteiger partial charge in [-0.05, 0) is 8.26 Å². The van der Waals surface area contributed by atoms with Crippen molar-refractivity contribution in [3.63, 3.8) is 0 Å². The molecule has 1 saturated heterocycles. The van der Waals surface area contributed by atoms with Crippen molar-refractivity contribution in [1.29, 1.82) is 2.61 Å². The number of hydrogen-bond acceptors (Lipinski definition) is 4. The fraction of sp³-hybridized carbons (Fsp3) is 1.00. The second kappa shape index (κ2) is 5.45. The van der Waals surface area contributed by atoms with E-state index in [4.69, 9.17) is 11.5 Å². The predicted octanol–water partition coefficient (Wildman–Crippen LogP) is 0.599. The van der Waals surface area contributed by atoms with Gasteiger partial charge in [0.1, 0.15) is 13.6 Å². The van der Waals surface area contributed by atoms with Crippen LogP contribution in [0.4, 0.5) is 0 Å². The quantitative estimate of drug-likeness (QED) is 0.409. The highest BCUT2D eigenvalue weighted by Gasteiger charge is 2.31. The molecule has 1 fully saturated rings. The molecule has 0 aromatic heterocycles. The highest BCUT2D eigenvalue weighted by molar-refractivity contribution is 8.53. The van der Waals surface area contributed by atoms with Crippen LogP contribution in [0.2, 0.25) is 0 Å². The first-order chi connectivity index (χ1) is 6.63. The van der Waals surface area contributed by atoms with Gasteiger partial charge in [-0.3, -0.25) is 0 Å². The molecule has 0 amide bonds. The maximum atomic E-state index is 9.48. The van der Waals surface area contributed by atoms with E-state index in [2.05, 4.69) is 0 Å². The topological polar surface area (TPSA) is 38.7 Å². The summed E-state index contributed by atoms with van der Waals surface area (Å²) in [6.07, 6.45) is -0.0446. The van der Waals surface area contributed by atoms with E-state index in [-0.39, 0.29) is 18.8 Å². The zero-order chi connectivity index (χ0) is 10.6. The van der Waals surface area contributed by atoms with Gasteiger partial charge in [0.25, 0.3) is 0 Å². The Morgan fingerprint density at radius 3 is 3.58 bits per heavy atom. The first kappa shape index (κ1) is 8.07. The maximum Gasteiger partial charge on any atom is 0.137 e. The second-order valence-corrected chi connectivity index (χ2v) is 4.43. The molecule has 1 aliphatic heterocycles. The fourth-order valence-electron chi connectivity index (χ4n) is 1.21. The van der Waals surface area contributed by atoms with Gasteiger partial charge in [0.2, 0.25) is 0 Å². The third-order valence-corrected chi connectivity index (χ3v) is 2.64. The van der Waals surface area contributed by atoms with Crippen molar-refractivity contribution in [2.24, 2.45) is 0 Å². The minimum Gasteiger partial charge on any atom is -0.390 e. The van der Waals surface area contributed by atoms with Crippen LogP contribution in [0.15, 0.2) is 0 Å². The first-order valence-electron chi connectivity index (χ1n) is 4.79. The molecule has 1 N–H and O–H groups in total. The monoisotopic (exact) mass is 210 g/mol. The molecule has 0 spiro atoms. The van der Waals surface area contributed by atoms with E-state index in [0.717, 1.165) is 19.2 Å². The van der Waals surface area contributed by atoms with Crippen LogP contribution in [0.1, 0.15) is 13.3 Å². The molecule has 1 radical (unpaired) electrons. The van der Waals surface area contributed by atoms with Crippen molar-refractivity contribution in [3.05, 3.63) is 0 Å². The Morgan fingerprint density at radius 2 is 3.00 bits per heavy atom. The van der Waals surface area contributed by atoms with Crippen molar-refractivity contribution in [3.8, 4) is 0 Å². The lowest BCUT2D eigenvalue weighted by molar-refractivity contribution is -0.00650. The zero-order valence-electron chi connectivity index (χ0n) is 8.84. The van der Waals surface area contributed by atoms with Crippen molar-refractivity contribution in [2.45, 2.75) is 31.7 Å². The standard InChI is InChI=1S/C6H13BO3PS/c1-4-2-5(8)6(10-4)3-9-12-11-7/h4-8,11H,2-3H2,1H3/t4?,5-,6?,11?/m0/s1/i7T,11D. The van der Waals surface area contributed by atoms with Crippen molar-refractivity contribution in [1.82, 2.24) is 0 Å². The highest BCUT2D eigenvalue weighted by Crippen LogP contribution is 2.27. The summed E-state index contributed by atoms with van der Waals surface area (Å²) in [5.41, 5.74) is 0. The molecule has 1 rings (SSSR count). The summed E-state index contributed by atoms with van der Waals surface area (Å²) in [6.45, 7) is 2.19. The van der Waals surface area contributed by atoms with Gasteiger partial charge in [-0.2, -0.15) is 0 Å².